The number of azide groups is 1. The molecule has 8 nitrogen and oxygen atoms in total. The van der Waals surface area contributed by atoms with Crippen LogP contribution in [0.3, 0.4) is 0 Å². The molecule has 3 aromatic rings. The minimum Gasteiger partial charge on any atom is -0.476 e. The third-order valence-electron chi connectivity index (χ3n) is 2.88. The van der Waals surface area contributed by atoms with Crippen LogP contribution in [0.15, 0.2) is 47.7 Å². The quantitative estimate of drug-likeness (QED) is 0.450. The highest BCUT2D eigenvalue weighted by molar-refractivity contribution is 5.87. The summed E-state index contributed by atoms with van der Waals surface area (Å²) >= 11 is 0. The zero-order valence-electron chi connectivity index (χ0n) is 10.6. The van der Waals surface area contributed by atoms with Gasteiger partial charge in [0, 0.05) is 28.4 Å². The Morgan fingerprint density at radius 1 is 1.33 bits per heavy atom. The van der Waals surface area contributed by atoms with E-state index < -0.39 is 5.97 Å². The molecule has 2 heterocycles. The first-order valence-corrected chi connectivity index (χ1v) is 5.92. The van der Waals surface area contributed by atoms with Gasteiger partial charge in [-0.25, -0.2) is 14.3 Å². The third-order valence-corrected chi connectivity index (χ3v) is 2.88. The Morgan fingerprint density at radius 2 is 2.19 bits per heavy atom. The summed E-state index contributed by atoms with van der Waals surface area (Å²) in [6.45, 7) is 0. The fraction of sp³-hybridized carbons (Fsp3) is 0. The van der Waals surface area contributed by atoms with Gasteiger partial charge in [-0.15, -0.1) is 0 Å². The average Bonchev–Trinajstić information content (AvgIpc) is 2.92. The summed E-state index contributed by atoms with van der Waals surface area (Å²) in [5.41, 5.74) is 10.7. The molecule has 3 rings (SSSR count). The molecule has 0 aliphatic heterocycles. The van der Waals surface area contributed by atoms with E-state index in [1.807, 2.05) is 6.07 Å². The molecule has 0 amide bonds. The normalized spacial score (nSPS) is 10.3. The topological polar surface area (TPSA) is 116 Å². The summed E-state index contributed by atoms with van der Waals surface area (Å²) < 4.78 is 1.44. The van der Waals surface area contributed by atoms with Gasteiger partial charge in [-0.3, -0.25) is 0 Å². The van der Waals surface area contributed by atoms with Gasteiger partial charge in [0.25, 0.3) is 0 Å². The van der Waals surface area contributed by atoms with Crippen molar-refractivity contribution in [2.45, 2.75) is 0 Å². The molecule has 0 saturated carbocycles. The Kier molecular flexibility index (Phi) is 2.98. The number of aromatic carboxylic acids is 1. The summed E-state index contributed by atoms with van der Waals surface area (Å²) in [6, 6.07) is 10.0. The number of benzene rings is 1. The number of fused-ring (bicyclic) bond motifs is 1. The SMILES string of the molecule is [N-]=[N+]=Nc1cccc(-c2ccnc3cc(C(=O)O)nn23)c1. The summed E-state index contributed by atoms with van der Waals surface area (Å²) in [4.78, 5) is 17.8. The number of hydrogen-bond acceptors (Lipinski definition) is 4. The van der Waals surface area contributed by atoms with E-state index in [1.165, 1.54) is 10.6 Å². The molecule has 0 saturated heterocycles. The lowest BCUT2D eigenvalue weighted by Crippen LogP contribution is -1.99. The Morgan fingerprint density at radius 3 is 2.95 bits per heavy atom. The van der Waals surface area contributed by atoms with Crippen molar-refractivity contribution in [1.82, 2.24) is 14.6 Å². The van der Waals surface area contributed by atoms with Crippen molar-refractivity contribution in [3.05, 3.63) is 58.7 Å². The van der Waals surface area contributed by atoms with Gasteiger partial charge in [0.2, 0.25) is 0 Å². The number of aromatic nitrogens is 3. The van der Waals surface area contributed by atoms with E-state index in [-0.39, 0.29) is 5.69 Å². The lowest BCUT2D eigenvalue weighted by atomic mass is 10.1. The average molecular weight is 280 g/mol. The van der Waals surface area contributed by atoms with Crippen LogP contribution in [-0.4, -0.2) is 25.7 Å². The minimum absolute atomic E-state index is 0.0823. The molecule has 0 spiro atoms. The van der Waals surface area contributed by atoms with Gasteiger partial charge in [-0.05, 0) is 17.7 Å². The first kappa shape index (κ1) is 12.6. The highest BCUT2D eigenvalue weighted by Gasteiger charge is 2.12. The molecule has 0 unspecified atom stereocenters. The molecule has 1 aromatic carbocycles. The Bertz CT molecular complexity index is 895. The van der Waals surface area contributed by atoms with Crippen LogP contribution in [0, 0.1) is 0 Å². The zero-order valence-corrected chi connectivity index (χ0v) is 10.6. The molecule has 8 heteroatoms. The number of rotatable bonds is 3. The van der Waals surface area contributed by atoms with Crippen molar-refractivity contribution in [1.29, 1.82) is 0 Å². The largest absolute Gasteiger partial charge is 0.476 e. The van der Waals surface area contributed by atoms with Gasteiger partial charge >= 0.3 is 5.97 Å². The summed E-state index contributed by atoms with van der Waals surface area (Å²) in [5, 5.41) is 16.6. The first-order chi connectivity index (χ1) is 10.2. The van der Waals surface area contributed by atoms with Crippen LogP contribution in [0.1, 0.15) is 10.5 Å². The second-order valence-corrected chi connectivity index (χ2v) is 4.17. The maximum absolute atomic E-state index is 11.0. The van der Waals surface area contributed by atoms with E-state index in [0.717, 1.165) is 5.56 Å². The van der Waals surface area contributed by atoms with Crippen molar-refractivity contribution in [2.24, 2.45) is 5.11 Å². The first-order valence-electron chi connectivity index (χ1n) is 5.92. The van der Waals surface area contributed by atoms with Crippen LogP contribution >= 0.6 is 0 Å². The van der Waals surface area contributed by atoms with Crippen molar-refractivity contribution in [3.8, 4) is 11.3 Å². The standard InChI is InChI=1S/C13H8N6O2/c14-18-16-9-3-1-2-8(6-9)11-4-5-15-12-7-10(13(20)21)17-19(11)12/h1-7H,(H,20,21). The summed E-state index contributed by atoms with van der Waals surface area (Å²) in [6.07, 6.45) is 1.57. The molecule has 0 radical (unpaired) electrons. The highest BCUT2D eigenvalue weighted by atomic mass is 16.4. The van der Waals surface area contributed by atoms with Crippen LogP contribution in [-0.2, 0) is 0 Å². The molecule has 0 atom stereocenters. The van der Waals surface area contributed by atoms with Crippen LogP contribution in [0.5, 0.6) is 0 Å². The van der Waals surface area contributed by atoms with Gasteiger partial charge in [0.05, 0.1) is 5.69 Å². The maximum atomic E-state index is 11.0. The lowest BCUT2D eigenvalue weighted by molar-refractivity contribution is 0.0690. The summed E-state index contributed by atoms with van der Waals surface area (Å²) in [5.74, 6) is -1.12. The van der Waals surface area contributed by atoms with Crippen LogP contribution in [0.2, 0.25) is 0 Å². The second-order valence-electron chi connectivity index (χ2n) is 4.17. The van der Waals surface area contributed by atoms with Gasteiger partial charge in [-0.2, -0.15) is 5.10 Å². The molecule has 2 aromatic heterocycles. The van der Waals surface area contributed by atoms with Crippen molar-refractivity contribution < 1.29 is 9.90 Å². The molecule has 1 N–H and O–H groups in total. The minimum atomic E-state index is -1.12. The number of carbonyl (C=O) groups is 1. The fourth-order valence-electron chi connectivity index (χ4n) is 2.00. The van der Waals surface area contributed by atoms with Crippen molar-refractivity contribution >= 4 is 17.3 Å². The molecular weight excluding hydrogens is 272 g/mol. The summed E-state index contributed by atoms with van der Waals surface area (Å²) in [7, 11) is 0. The Labute approximate surface area is 117 Å². The molecule has 0 aliphatic rings. The Balaban J connectivity index is 2.22. The predicted molar refractivity (Wildman–Crippen MR) is 74.2 cm³/mol. The second kappa shape index (κ2) is 4.95. The number of carboxylic acids is 1. The van der Waals surface area contributed by atoms with Gasteiger partial charge in [-0.1, -0.05) is 23.3 Å². The van der Waals surface area contributed by atoms with E-state index in [0.29, 0.717) is 17.0 Å². The number of hydrogen-bond donors (Lipinski definition) is 1. The van der Waals surface area contributed by atoms with Crippen LogP contribution < -0.4 is 0 Å². The lowest BCUT2D eigenvalue weighted by Gasteiger charge is -2.04. The highest BCUT2D eigenvalue weighted by Crippen LogP contribution is 2.24. The van der Waals surface area contributed by atoms with Gasteiger partial charge in [0.1, 0.15) is 0 Å². The van der Waals surface area contributed by atoms with E-state index in [9.17, 15) is 4.79 Å². The Hall–Kier alpha value is -3.38. The van der Waals surface area contributed by atoms with Crippen molar-refractivity contribution in [3.63, 3.8) is 0 Å². The molecule has 0 bridgehead atoms. The van der Waals surface area contributed by atoms with Crippen LogP contribution in [0.4, 0.5) is 5.69 Å². The molecule has 21 heavy (non-hydrogen) atoms. The predicted octanol–water partition coefficient (Wildman–Crippen LogP) is 3.04. The maximum Gasteiger partial charge on any atom is 0.356 e. The van der Waals surface area contributed by atoms with Crippen LogP contribution in [0.25, 0.3) is 27.3 Å². The van der Waals surface area contributed by atoms with Crippen molar-refractivity contribution in [2.75, 3.05) is 0 Å². The van der Waals surface area contributed by atoms with E-state index in [2.05, 4.69) is 20.1 Å². The monoisotopic (exact) mass is 280 g/mol. The molecule has 102 valence electrons. The molecule has 0 fully saturated rings. The van der Waals surface area contributed by atoms with E-state index in [1.54, 1.807) is 30.5 Å². The third kappa shape index (κ3) is 2.26. The van der Waals surface area contributed by atoms with Gasteiger partial charge in [0.15, 0.2) is 11.3 Å². The number of carboxylic acid groups (broad SMARTS) is 1. The number of nitrogens with zero attached hydrogens (tertiary/aromatic N) is 6. The zero-order chi connectivity index (χ0) is 14.8. The van der Waals surface area contributed by atoms with E-state index in [4.69, 9.17) is 10.6 Å². The van der Waals surface area contributed by atoms with Gasteiger partial charge < -0.3 is 5.11 Å². The fourth-order valence-corrected chi connectivity index (χ4v) is 2.00. The molecular formula is C13H8N6O2. The van der Waals surface area contributed by atoms with E-state index >= 15 is 0 Å². The smallest absolute Gasteiger partial charge is 0.356 e. The molecule has 0 aliphatic carbocycles.